The molecular formula is C14H20N6. The molecule has 0 radical (unpaired) electrons. The topological polar surface area (TPSA) is 88.8 Å². The molecule has 6 nitrogen and oxygen atoms in total. The van der Waals surface area contributed by atoms with Crippen molar-refractivity contribution in [1.29, 1.82) is 0 Å². The monoisotopic (exact) mass is 272 g/mol. The summed E-state index contributed by atoms with van der Waals surface area (Å²) in [6.45, 7) is 6.82. The average Bonchev–Trinajstić information content (AvgIpc) is 2.45. The second-order valence-corrected chi connectivity index (χ2v) is 4.90. The third kappa shape index (κ3) is 3.03. The SMILES string of the molecule is Cc1cccnc1CNc1ncnc(NN)c1C(C)C. The zero-order valence-corrected chi connectivity index (χ0v) is 12.0. The molecule has 2 aromatic rings. The number of nitrogen functional groups attached to an aromatic ring is 1. The maximum Gasteiger partial charge on any atom is 0.148 e. The van der Waals surface area contributed by atoms with E-state index in [9.17, 15) is 0 Å². The van der Waals surface area contributed by atoms with Gasteiger partial charge in [0.05, 0.1) is 12.2 Å². The number of hydrazine groups is 1. The molecule has 0 aliphatic rings. The molecule has 0 amide bonds. The van der Waals surface area contributed by atoms with Crippen LogP contribution in [0.1, 0.15) is 36.6 Å². The Morgan fingerprint density at radius 3 is 2.60 bits per heavy atom. The minimum Gasteiger partial charge on any atom is -0.364 e. The first-order valence-electron chi connectivity index (χ1n) is 6.59. The van der Waals surface area contributed by atoms with Gasteiger partial charge in [0, 0.05) is 11.8 Å². The molecule has 0 saturated heterocycles. The van der Waals surface area contributed by atoms with E-state index >= 15 is 0 Å². The van der Waals surface area contributed by atoms with E-state index in [0.717, 1.165) is 22.6 Å². The molecule has 0 aliphatic carbocycles. The highest BCUT2D eigenvalue weighted by atomic mass is 15.3. The lowest BCUT2D eigenvalue weighted by atomic mass is 10.0. The molecule has 106 valence electrons. The van der Waals surface area contributed by atoms with Crippen molar-refractivity contribution >= 4 is 11.6 Å². The number of anilines is 2. The molecule has 6 heteroatoms. The van der Waals surface area contributed by atoms with Crippen molar-refractivity contribution in [2.45, 2.75) is 33.2 Å². The van der Waals surface area contributed by atoms with E-state index in [-0.39, 0.29) is 5.92 Å². The van der Waals surface area contributed by atoms with Gasteiger partial charge in [-0.3, -0.25) is 4.98 Å². The highest BCUT2D eigenvalue weighted by molar-refractivity contribution is 5.58. The molecule has 2 heterocycles. The molecule has 0 saturated carbocycles. The molecule has 0 atom stereocenters. The fourth-order valence-corrected chi connectivity index (χ4v) is 2.07. The number of aromatic nitrogens is 3. The van der Waals surface area contributed by atoms with E-state index < -0.39 is 0 Å². The Morgan fingerprint density at radius 2 is 1.95 bits per heavy atom. The normalized spacial score (nSPS) is 10.7. The van der Waals surface area contributed by atoms with Crippen LogP contribution in [0.15, 0.2) is 24.7 Å². The highest BCUT2D eigenvalue weighted by Crippen LogP contribution is 2.27. The van der Waals surface area contributed by atoms with Crippen LogP contribution < -0.4 is 16.6 Å². The summed E-state index contributed by atoms with van der Waals surface area (Å²) < 4.78 is 0. The third-order valence-corrected chi connectivity index (χ3v) is 3.14. The number of aryl methyl sites for hydroxylation is 1. The van der Waals surface area contributed by atoms with Crippen LogP contribution >= 0.6 is 0 Å². The van der Waals surface area contributed by atoms with Crippen molar-refractivity contribution in [1.82, 2.24) is 15.0 Å². The minimum absolute atomic E-state index is 0.259. The molecule has 0 bridgehead atoms. The Balaban J connectivity index is 2.24. The molecule has 2 aromatic heterocycles. The van der Waals surface area contributed by atoms with E-state index in [1.807, 2.05) is 19.1 Å². The largest absolute Gasteiger partial charge is 0.364 e. The first-order valence-corrected chi connectivity index (χ1v) is 6.59. The summed E-state index contributed by atoms with van der Waals surface area (Å²) in [5, 5.41) is 3.32. The smallest absolute Gasteiger partial charge is 0.148 e. The van der Waals surface area contributed by atoms with Crippen molar-refractivity contribution < 1.29 is 0 Å². The fraction of sp³-hybridized carbons (Fsp3) is 0.357. The Bertz CT molecular complexity index is 582. The molecule has 0 aromatic carbocycles. The molecular weight excluding hydrogens is 252 g/mol. The van der Waals surface area contributed by atoms with Crippen LogP contribution in [0.4, 0.5) is 11.6 Å². The molecule has 0 spiro atoms. The van der Waals surface area contributed by atoms with Gasteiger partial charge in [0.25, 0.3) is 0 Å². The lowest BCUT2D eigenvalue weighted by Gasteiger charge is -2.16. The van der Waals surface area contributed by atoms with Crippen molar-refractivity contribution in [3.05, 3.63) is 41.5 Å². The van der Waals surface area contributed by atoms with Crippen LogP contribution in [0.2, 0.25) is 0 Å². The lowest BCUT2D eigenvalue weighted by molar-refractivity contribution is 0.843. The van der Waals surface area contributed by atoms with Gasteiger partial charge in [-0.1, -0.05) is 19.9 Å². The Labute approximate surface area is 118 Å². The van der Waals surface area contributed by atoms with Gasteiger partial charge in [0.15, 0.2) is 0 Å². The van der Waals surface area contributed by atoms with Crippen LogP contribution in [0, 0.1) is 6.92 Å². The molecule has 0 unspecified atom stereocenters. The number of rotatable bonds is 5. The molecule has 2 rings (SSSR count). The molecule has 0 fully saturated rings. The zero-order valence-electron chi connectivity index (χ0n) is 12.0. The third-order valence-electron chi connectivity index (χ3n) is 3.14. The predicted octanol–water partition coefficient (Wildman–Crippen LogP) is 2.20. The van der Waals surface area contributed by atoms with Gasteiger partial charge >= 0.3 is 0 Å². The molecule has 20 heavy (non-hydrogen) atoms. The zero-order chi connectivity index (χ0) is 14.5. The van der Waals surface area contributed by atoms with Crippen LogP contribution in [0.5, 0.6) is 0 Å². The fourth-order valence-electron chi connectivity index (χ4n) is 2.07. The van der Waals surface area contributed by atoms with Gasteiger partial charge < -0.3 is 10.7 Å². The first kappa shape index (κ1) is 14.2. The maximum absolute atomic E-state index is 5.51. The lowest BCUT2D eigenvalue weighted by Crippen LogP contribution is -2.15. The average molecular weight is 272 g/mol. The van der Waals surface area contributed by atoms with Crippen molar-refractivity contribution in [2.24, 2.45) is 5.84 Å². The van der Waals surface area contributed by atoms with Crippen molar-refractivity contribution in [3.63, 3.8) is 0 Å². The Kier molecular flexibility index (Phi) is 4.47. The number of pyridine rings is 1. The molecule has 4 N–H and O–H groups in total. The van der Waals surface area contributed by atoms with E-state index in [1.54, 1.807) is 6.20 Å². The summed E-state index contributed by atoms with van der Waals surface area (Å²) in [4.78, 5) is 12.8. The second kappa shape index (κ2) is 6.29. The summed E-state index contributed by atoms with van der Waals surface area (Å²) in [7, 11) is 0. The number of nitrogens with zero attached hydrogens (tertiary/aromatic N) is 3. The summed E-state index contributed by atoms with van der Waals surface area (Å²) in [5.74, 6) is 7.20. The van der Waals surface area contributed by atoms with Crippen molar-refractivity contribution in [3.8, 4) is 0 Å². The molecule has 0 aliphatic heterocycles. The van der Waals surface area contributed by atoms with Gasteiger partial charge in [0.2, 0.25) is 0 Å². The predicted molar refractivity (Wildman–Crippen MR) is 80.2 cm³/mol. The minimum atomic E-state index is 0.259. The summed E-state index contributed by atoms with van der Waals surface area (Å²) in [6, 6.07) is 3.97. The summed E-state index contributed by atoms with van der Waals surface area (Å²) in [6.07, 6.45) is 3.29. The second-order valence-electron chi connectivity index (χ2n) is 4.90. The van der Waals surface area contributed by atoms with Crippen LogP contribution in [0.3, 0.4) is 0 Å². The van der Waals surface area contributed by atoms with Crippen LogP contribution in [-0.4, -0.2) is 15.0 Å². The Hall–Kier alpha value is -2.21. The van der Waals surface area contributed by atoms with E-state index in [1.165, 1.54) is 6.33 Å². The van der Waals surface area contributed by atoms with Gasteiger partial charge in [-0.25, -0.2) is 15.8 Å². The number of nitrogens with two attached hydrogens (primary N) is 1. The van der Waals surface area contributed by atoms with Gasteiger partial charge in [-0.05, 0) is 24.5 Å². The van der Waals surface area contributed by atoms with Gasteiger partial charge in [0.1, 0.15) is 18.0 Å². The Morgan fingerprint density at radius 1 is 1.20 bits per heavy atom. The maximum atomic E-state index is 5.51. The highest BCUT2D eigenvalue weighted by Gasteiger charge is 2.14. The van der Waals surface area contributed by atoms with Crippen molar-refractivity contribution in [2.75, 3.05) is 10.7 Å². The van der Waals surface area contributed by atoms with Gasteiger partial charge in [-0.2, -0.15) is 0 Å². The standard InChI is InChI=1S/C14H20N6/c1-9(2)12-13(18-8-19-14(12)20-15)17-7-11-10(3)5-4-6-16-11/h4-6,8-9H,7,15H2,1-3H3,(H2,17,18,19,20). The number of nitrogens with one attached hydrogen (secondary N) is 2. The number of hydrogen-bond donors (Lipinski definition) is 3. The summed E-state index contributed by atoms with van der Waals surface area (Å²) >= 11 is 0. The quantitative estimate of drug-likeness (QED) is 0.571. The van der Waals surface area contributed by atoms with E-state index in [2.05, 4.69) is 39.5 Å². The van der Waals surface area contributed by atoms with Gasteiger partial charge in [-0.15, -0.1) is 0 Å². The van der Waals surface area contributed by atoms with E-state index in [0.29, 0.717) is 12.4 Å². The number of hydrogen-bond acceptors (Lipinski definition) is 6. The van der Waals surface area contributed by atoms with Crippen LogP contribution in [0.25, 0.3) is 0 Å². The first-order chi connectivity index (χ1) is 9.63. The summed E-state index contributed by atoms with van der Waals surface area (Å²) in [5.41, 5.74) is 5.75. The van der Waals surface area contributed by atoms with Crippen LogP contribution in [-0.2, 0) is 6.54 Å². The van der Waals surface area contributed by atoms with E-state index in [4.69, 9.17) is 5.84 Å².